The van der Waals surface area contributed by atoms with Crippen molar-refractivity contribution in [2.75, 3.05) is 4.90 Å². The Morgan fingerprint density at radius 1 is 0.255 bits per heavy atom. The predicted molar refractivity (Wildman–Crippen MR) is 202 cm³/mol. The fourth-order valence-corrected chi connectivity index (χ4v) is 6.93. The number of anilines is 3. The van der Waals surface area contributed by atoms with Crippen molar-refractivity contribution in [3.8, 4) is 22.3 Å². The Morgan fingerprint density at radius 2 is 0.723 bits per heavy atom. The molecule has 0 aliphatic carbocycles. The van der Waals surface area contributed by atoms with Crippen molar-refractivity contribution >= 4 is 60.2 Å². The summed E-state index contributed by atoms with van der Waals surface area (Å²) in [7, 11) is 0. The third-order valence-electron chi connectivity index (χ3n) is 9.36. The van der Waals surface area contributed by atoms with Crippen molar-refractivity contribution in [3.05, 3.63) is 188 Å². The molecular weight excluding hydrogens is 567 g/mol. The van der Waals surface area contributed by atoms with Crippen LogP contribution in [0.15, 0.2) is 188 Å². The normalized spacial score (nSPS) is 11.4. The van der Waals surface area contributed by atoms with Gasteiger partial charge in [0.05, 0.1) is 5.69 Å². The van der Waals surface area contributed by atoms with Crippen LogP contribution in [-0.2, 0) is 0 Å². The highest BCUT2D eigenvalue weighted by Crippen LogP contribution is 2.41. The van der Waals surface area contributed by atoms with Gasteiger partial charge in [0, 0.05) is 16.8 Å². The molecule has 0 bridgehead atoms. The Bertz CT molecular complexity index is 2560. The Kier molecular flexibility index (Phi) is 6.54. The second kappa shape index (κ2) is 11.3. The lowest BCUT2D eigenvalue weighted by molar-refractivity contribution is 1.30. The van der Waals surface area contributed by atoms with Gasteiger partial charge < -0.3 is 4.90 Å². The largest absolute Gasteiger partial charge is 0.310 e. The van der Waals surface area contributed by atoms with E-state index in [-0.39, 0.29) is 0 Å². The quantitative estimate of drug-likeness (QED) is 0.178. The molecule has 0 amide bonds. The first kappa shape index (κ1) is 27.2. The van der Waals surface area contributed by atoms with Crippen LogP contribution in [0.1, 0.15) is 0 Å². The van der Waals surface area contributed by atoms with Crippen LogP contribution in [0.5, 0.6) is 0 Å². The van der Waals surface area contributed by atoms with Gasteiger partial charge in [0.25, 0.3) is 0 Å². The summed E-state index contributed by atoms with van der Waals surface area (Å²) in [5.41, 5.74) is 8.30. The third-order valence-corrected chi connectivity index (χ3v) is 9.36. The van der Waals surface area contributed by atoms with Crippen LogP contribution in [0.25, 0.3) is 65.3 Å². The molecule has 0 radical (unpaired) electrons. The maximum Gasteiger partial charge on any atom is 0.0540 e. The lowest BCUT2D eigenvalue weighted by Gasteiger charge is -2.27. The summed E-state index contributed by atoms with van der Waals surface area (Å²) in [5.74, 6) is 0. The van der Waals surface area contributed by atoms with Crippen molar-refractivity contribution in [3.63, 3.8) is 0 Å². The minimum atomic E-state index is 1.12. The van der Waals surface area contributed by atoms with Gasteiger partial charge in [0.1, 0.15) is 0 Å². The lowest BCUT2D eigenvalue weighted by atomic mass is 9.96. The van der Waals surface area contributed by atoms with Crippen LogP contribution >= 0.6 is 0 Å². The third kappa shape index (κ3) is 4.99. The number of rotatable bonds is 5. The molecule has 0 aromatic heterocycles. The highest BCUT2D eigenvalue weighted by atomic mass is 15.1. The first-order valence-electron chi connectivity index (χ1n) is 16.2. The Morgan fingerprint density at radius 3 is 1.40 bits per heavy atom. The smallest absolute Gasteiger partial charge is 0.0540 e. The molecule has 0 saturated carbocycles. The van der Waals surface area contributed by atoms with E-state index < -0.39 is 0 Å². The molecule has 0 aliphatic heterocycles. The summed E-state index contributed by atoms with van der Waals surface area (Å²) in [4.78, 5) is 2.37. The van der Waals surface area contributed by atoms with Crippen molar-refractivity contribution in [1.82, 2.24) is 0 Å². The highest BCUT2D eigenvalue weighted by Gasteiger charge is 2.16. The van der Waals surface area contributed by atoms with E-state index in [0.29, 0.717) is 0 Å². The summed E-state index contributed by atoms with van der Waals surface area (Å²) in [5, 5.41) is 9.99. The van der Waals surface area contributed by atoms with Crippen LogP contribution in [0.4, 0.5) is 17.1 Å². The molecule has 0 unspecified atom stereocenters. The van der Waals surface area contributed by atoms with Crippen LogP contribution < -0.4 is 4.90 Å². The van der Waals surface area contributed by atoms with Gasteiger partial charge in [-0.3, -0.25) is 0 Å². The van der Waals surface area contributed by atoms with E-state index in [0.717, 1.165) is 11.4 Å². The van der Waals surface area contributed by atoms with Gasteiger partial charge in [-0.15, -0.1) is 0 Å². The van der Waals surface area contributed by atoms with E-state index in [1.165, 1.54) is 71.0 Å². The van der Waals surface area contributed by atoms with E-state index >= 15 is 0 Å². The molecule has 0 spiro atoms. The van der Waals surface area contributed by atoms with E-state index in [1.807, 2.05) is 0 Å². The van der Waals surface area contributed by atoms with Gasteiger partial charge in [-0.05, 0) is 121 Å². The van der Waals surface area contributed by atoms with Crippen LogP contribution in [0, 0.1) is 0 Å². The molecule has 9 aromatic rings. The molecule has 1 heteroatoms. The van der Waals surface area contributed by atoms with Gasteiger partial charge in [0.15, 0.2) is 0 Å². The second-order valence-corrected chi connectivity index (χ2v) is 12.3. The van der Waals surface area contributed by atoms with Crippen molar-refractivity contribution in [2.45, 2.75) is 0 Å². The fourth-order valence-electron chi connectivity index (χ4n) is 6.93. The molecule has 0 fully saturated rings. The summed E-state index contributed by atoms with van der Waals surface area (Å²) >= 11 is 0. The predicted octanol–water partition coefficient (Wildman–Crippen LogP) is 13.1. The highest BCUT2D eigenvalue weighted by molar-refractivity contribution is 6.06. The van der Waals surface area contributed by atoms with E-state index in [1.54, 1.807) is 0 Å². The fraction of sp³-hybridized carbons (Fsp3) is 0. The lowest BCUT2D eigenvalue weighted by Crippen LogP contribution is -2.10. The Hall–Kier alpha value is -6.18. The van der Waals surface area contributed by atoms with E-state index in [2.05, 4.69) is 193 Å². The average molecular weight is 598 g/mol. The van der Waals surface area contributed by atoms with Gasteiger partial charge in [-0.2, -0.15) is 0 Å². The van der Waals surface area contributed by atoms with Crippen LogP contribution in [0.2, 0.25) is 0 Å². The van der Waals surface area contributed by atoms with E-state index in [4.69, 9.17) is 0 Å². The molecule has 47 heavy (non-hydrogen) atoms. The Balaban J connectivity index is 1.11. The van der Waals surface area contributed by atoms with Crippen molar-refractivity contribution < 1.29 is 0 Å². The Labute approximate surface area is 274 Å². The zero-order valence-corrected chi connectivity index (χ0v) is 25.8. The molecule has 9 rings (SSSR count). The SMILES string of the molecule is c1ccc(N(c2ccc(-c3ccc4ccc(-c5ccc6ccccc6c5)cc4c3)cc2)c2cccc3cc4ccccc4cc23)cc1. The van der Waals surface area contributed by atoms with E-state index in [9.17, 15) is 0 Å². The maximum atomic E-state index is 2.37. The maximum absolute atomic E-state index is 2.37. The summed E-state index contributed by atoms with van der Waals surface area (Å²) in [6.45, 7) is 0. The molecule has 1 nitrogen and oxygen atoms in total. The van der Waals surface area contributed by atoms with Crippen LogP contribution in [0.3, 0.4) is 0 Å². The van der Waals surface area contributed by atoms with Gasteiger partial charge in [-0.25, -0.2) is 0 Å². The summed E-state index contributed by atoms with van der Waals surface area (Å²) in [6.07, 6.45) is 0. The van der Waals surface area contributed by atoms with Gasteiger partial charge >= 0.3 is 0 Å². The average Bonchev–Trinajstić information content (AvgIpc) is 3.14. The molecular formula is C46H31N. The number of benzene rings is 9. The van der Waals surface area contributed by atoms with Crippen LogP contribution in [-0.4, -0.2) is 0 Å². The minimum absolute atomic E-state index is 1.12. The molecule has 0 saturated heterocycles. The first-order valence-corrected chi connectivity index (χ1v) is 16.2. The second-order valence-electron chi connectivity index (χ2n) is 12.3. The topological polar surface area (TPSA) is 3.24 Å². The number of nitrogens with zero attached hydrogens (tertiary/aromatic N) is 1. The first-order chi connectivity index (χ1) is 23.3. The molecule has 0 aliphatic rings. The monoisotopic (exact) mass is 597 g/mol. The zero-order chi connectivity index (χ0) is 31.2. The molecule has 220 valence electrons. The summed E-state index contributed by atoms with van der Waals surface area (Å²) in [6, 6.07) is 68.3. The summed E-state index contributed by atoms with van der Waals surface area (Å²) < 4.78 is 0. The molecule has 0 N–H and O–H groups in total. The minimum Gasteiger partial charge on any atom is -0.310 e. The van der Waals surface area contributed by atoms with Crippen molar-refractivity contribution in [1.29, 1.82) is 0 Å². The molecule has 0 atom stereocenters. The van der Waals surface area contributed by atoms with Gasteiger partial charge in [0.2, 0.25) is 0 Å². The molecule has 0 heterocycles. The molecule has 9 aromatic carbocycles. The number of fused-ring (bicyclic) bond motifs is 4. The van der Waals surface area contributed by atoms with Gasteiger partial charge in [-0.1, -0.05) is 127 Å². The standard InChI is InChI=1S/C46H31N/c1-2-14-43(15-3-1)47(46-16-8-13-41-28-36-11-6-7-12-37(36)31-45(41)46)44-25-23-33(24-26-44)38-20-18-34-19-22-40(30-42(34)29-38)39-21-17-32-9-4-5-10-35(32)27-39/h1-31H. The van der Waals surface area contributed by atoms with Crippen molar-refractivity contribution in [2.24, 2.45) is 0 Å². The number of hydrogen-bond acceptors (Lipinski definition) is 1. The zero-order valence-electron chi connectivity index (χ0n) is 25.8. The number of hydrogen-bond donors (Lipinski definition) is 0. The number of para-hydroxylation sites is 1.